The molecule has 1 fully saturated rings. The lowest BCUT2D eigenvalue weighted by atomic mass is 10.2. The maximum Gasteiger partial charge on any atom is 0.322 e. The number of rotatable bonds is 3. The van der Waals surface area contributed by atoms with Gasteiger partial charge >= 0.3 is 6.03 Å². The number of para-hydroxylation sites is 1. The summed E-state index contributed by atoms with van der Waals surface area (Å²) >= 11 is 1.40. The molecule has 2 aliphatic rings. The van der Waals surface area contributed by atoms with Gasteiger partial charge in [0.1, 0.15) is 5.82 Å². The highest BCUT2D eigenvalue weighted by molar-refractivity contribution is 7.15. The summed E-state index contributed by atoms with van der Waals surface area (Å²) in [5.74, 6) is -0.305. The highest BCUT2D eigenvalue weighted by Crippen LogP contribution is 2.33. The zero-order valence-electron chi connectivity index (χ0n) is 13.4. The van der Waals surface area contributed by atoms with E-state index in [4.69, 9.17) is 0 Å². The normalized spacial score (nSPS) is 16.3. The van der Waals surface area contributed by atoms with Gasteiger partial charge in [0.25, 0.3) is 0 Å². The van der Waals surface area contributed by atoms with Gasteiger partial charge in [0, 0.05) is 23.8 Å². The third kappa shape index (κ3) is 3.48. The second-order valence-corrected chi connectivity index (χ2v) is 7.32. The van der Waals surface area contributed by atoms with Crippen molar-refractivity contribution < 1.29 is 14.0 Å². The van der Waals surface area contributed by atoms with Crippen LogP contribution in [0.4, 0.5) is 20.0 Å². The molecule has 8 heteroatoms. The number of urea groups is 1. The average Bonchev–Trinajstić information content (AvgIpc) is 3.37. The molecule has 2 N–H and O–H groups in total. The first-order valence-electron chi connectivity index (χ1n) is 8.20. The molecule has 2 aromatic rings. The topological polar surface area (TPSA) is 74.3 Å². The van der Waals surface area contributed by atoms with E-state index in [0.29, 0.717) is 24.6 Å². The number of carbonyl (C=O) groups excluding carboxylic acids is 2. The first kappa shape index (κ1) is 16.0. The number of halogens is 1. The molecule has 0 saturated heterocycles. The molecule has 0 bridgehead atoms. The number of carbonyl (C=O) groups is 2. The standard InChI is InChI=1S/C17H17FN4O2S/c18-11-3-1-2-4-12(11)20-17(24)22-8-7-13-14(9-22)25-16(19-13)21-15(23)10-5-6-10/h1-4,10H,5-9H2,(H,20,24)(H,19,21,23). The third-order valence-electron chi connectivity index (χ3n) is 4.31. The molecule has 1 aliphatic carbocycles. The Hall–Kier alpha value is -2.48. The Labute approximate surface area is 148 Å². The number of amides is 3. The Balaban J connectivity index is 1.41. The minimum atomic E-state index is -0.462. The number of nitrogens with zero attached hydrogens (tertiary/aromatic N) is 2. The van der Waals surface area contributed by atoms with E-state index in [2.05, 4.69) is 15.6 Å². The molecule has 4 rings (SSSR count). The number of hydrogen-bond acceptors (Lipinski definition) is 4. The van der Waals surface area contributed by atoms with Crippen LogP contribution in [-0.4, -0.2) is 28.4 Å². The quantitative estimate of drug-likeness (QED) is 0.883. The number of thiazole rings is 1. The summed E-state index contributed by atoms with van der Waals surface area (Å²) in [4.78, 5) is 31.3. The van der Waals surface area contributed by atoms with E-state index in [-0.39, 0.29) is 23.5 Å². The van der Waals surface area contributed by atoms with Crippen LogP contribution in [-0.2, 0) is 17.8 Å². The molecule has 1 aromatic carbocycles. The summed E-state index contributed by atoms with van der Waals surface area (Å²) in [6, 6.07) is 5.74. The van der Waals surface area contributed by atoms with Crippen molar-refractivity contribution in [1.29, 1.82) is 0 Å². The highest BCUT2D eigenvalue weighted by Gasteiger charge is 2.31. The van der Waals surface area contributed by atoms with Crippen LogP contribution in [0.2, 0.25) is 0 Å². The molecule has 0 unspecified atom stereocenters. The van der Waals surface area contributed by atoms with Crippen molar-refractivity contribution in [3.8, 4) is 0 Å². The van der Waals surface area contributed by atoms with Crippen molar-refractivity contribution in [1.82, 2.24) is 9.88 Å². The Kier molecular flexibility index (Phi) is 4.12. The highest BCUT2D eigenvalue weighted by atomic mass is 32.1. The van der Waals surface area contributed by atoms with Crippen molar-refractivity contribution in [2.45, 2.75) is 25.8 Å². The van der Waals surface area contributed by atoms with Crippen molar-refractivity contribution in [2.24, 2.45) is 5.92 Å². The van der Waals surface area contributed by atoms with Gasteiger partial charge in [-0.15, -0.1) is 0 Å². The van der Waals surface area contributed by atoms with Crippen LogP contribution in [0.1, 0.15) is 23.4 Å². The van der Waals surface area contributed by atoms with E-state index in [9.17, 15) is 14.0 Å². The first-order chi connectivity index (χ1) is 12.1. The van der Waals surface area contributed by atoms with Gasteiger partial charge in [-0.05, 0) is 25.0 Å². The molecule has 1 saturated carbocycles. The summed E-state index contributed by atoms with van der Waals surface area (Å²) in [6.07, 6.45) is 2.51. The Morgan fingerprint density at radius 1 is 1.24 bits per heavy atom. The van der Waals surface area contributed by atoms with Crippen LogP contribution >= 0.6 is 11.3 Å². The summed E-state index contributed by atoms with van der Waals surface area (Å²) in [5, 5.41) is 6.05. The molecule has 3 amide bonds. The molecule has 0 radical (unpaired) electrons. The molecular formula is C17H17FN4O2S. The molecule has 25 heavy (non-hydrogen) atoms. The molecule has 0 atom stereocenters. The molecule has 0 spiro atoms. The van der Waals surface area contributed by atoms with E-state index in [1.54, 1.807) is 17.0 Å². The van der Waals surface area contributed by atoms with Gasteiger partial charge in [-0.1, -0.05) is 23.5 Å². The number of aromatic nitrogens is 1. The van der Waals surface area contributed by atoms with E-state index < -0.39 is 5.82 Å². The summed E-state index contributed by atoms with van der Waals surface area (Å²) in [7, 11) is 0. The van der Waals surface area contributed by atoms with E-state index in [1.807, 2.05) is 0 Å². The van der Waals surface area contributed by atoms with Gasteiger partial charge in [-0.2, -0.15) is 0 Å². The monoisotopic (exact) mass is 360 g/mol. The predicted molar refractivity (Wildman–Crippen MR) is 93.0 cm³/mol. The lowest BCUT2D eigenvalue weighted by molar-refractivity contribution is -0.117. The van der Waals surface area contributed by atoms with E-state index in [1.165, 1.54) is 23.5 Å². The van der Waals surface area contributed by atoms with Crippen molar-refractivity contribution in [3.05, 3.63) is 40.7 Å². The fourth-order valence-corrected chi connectivity index (χ4v) is 3.76. The van der Waals surface area contributed by atoms with E-state index >= 15 is 0 Å². The maximum atomic E-state index is 13.7. The molecule has 6 nitrogen and oxygen atoms in total. The van der Waals surface area contributed by atoms with Gasteiger partial charge < -0.3 is 15.5 Å². The van der Waals surface area contributed by atoms with Crippen molar-refractivity contribution in [3.63, 3.8) is 0 Å². The van der Waals surface area contributed by atoms with Crippen LogP contribution in [0.5, 0.6) is 0 Å². The van der Waals surface area contributed by atoms with Gasteiger partial charge in [0.05, 0.1) is 17.9 Å². The Morgan fingerprint density at radius 2 is 2.04 bits per heavy atom. The summed E-state index contributed by atoms with van der Waals surface area (Å²) in [6.45, 7) is 0.916. The van der Waals surface area contributed by atoms with Crippen LogP contribution in [0.3, 0.4) is 0 Å². The van der Waals surface area contributed by atoms with Crippen LogP contribution in [0.15, 0.2) is 24.3 Å². The predicted octanol–water partition coefficient (Wildman–Crippen LogP) is 3.22. The van der Waals surface area contributed by atoms with Gasteiger partial charge in [0.2, 0.25) is 5.91 Å². The lowest BCUT2D eigenvalue weighted by Crippen LogP contribution is -2.38. The van der Waals surface area contributed by atoms with Crippen LogP contribution < -0.4 is 10.6 Å². The Bertz CT molecular complexity index is 834. The van der Waals surface area contributed by atoms with Crippen molar-refractivity contribution in [2.75, 3.05) is 17.2 Å². The Morgan fingerprint density at radius 3 is 2.80 bits per heavy atom. The summed E-state index contributed by atoms with van der Waals surface area (Å²) < 4.78 is 13.7. The average molecular weight is 360 g/mol. The number of anilines is 2. The summed E-state index contributed by atoms with van der Waals surface area (Å²) in [5.41, 5.74) is 1.09. The smallest absolute Gasteiger partial charge is 0.319 e. The lowest BCUT2D eigenvalue weighted by Gasteiger charge is -2.26. The maximum absolute atomic E-state index is 13.7. The largest absolute Gasteiger partial charge is 0.322 e. The molecular weight excluding hydrogens is 343 g/mol. The van der Waals surface area contributed by atoms with Gasteiger partial charge in [-0.25, -0.2) is 14.2 Å². The molecule has 1 aliphatic heterocycles. The number of fused-ring (bicyclic) bond motifs is 1. The van der Waals surface area contributed by atoms with E-state index in [0.717, 1.165) is 23.4 Å². The fourth-order valence-electron chi connectivity index (χ4n) is 2.73. The zero-order chi connectivity index (χ0) is 17.4. The van der Waals surface area contributed by atoms with Crippen LogP contribution in [0, 0.1) is 11.7 Å². The second kappa shape index (κ2) is 6.44. The van der Waals surface area contributed by atoms with Gasteiger partial charge in [-0.3, -0.25) is 4.79 Å². The minimum absolute atomic E-state index is 0.0280. The minimum Gasteiger partial charge on any atom is -0.319 e. The van der Waals surface area contributed by atoms with Crippen LogP contribution in [0.25, 0.3) is 0 Å². The third-order valence-corrected chi connectivity index (χ3v) is 5.31. The first-order valence-corrected chi connectivity index (χ1v) is 9.01. The second-order valence-electron chi connectivity index (χ2n) is 6.23. The molecule has 130 valence electrons. The number of hydrogen-bond donors (Lipinski definition) is 2. The van der Waals surface area contributed by atoms with Crippen molar-refractivity contribution >= 4 is 34.1 Å². The number of benzene rings is 1. The molecule has 2 heterocycles. The van der Waals surface area contributed by atoms with Gasteiger partial charge in [0.15, 0.2) is 5.13 Å². The SMILES string of the molecule is O=C(Nc1nc2c(s1)CN(C(=O)Nc1ccccc1F)CC2)C1CC1. The zero-order valence-corrected chi connectivity index (χ0v) is 14.2. The fraction of sp³-hybridized carbons (Fsp3) is 0.353. The molecule has 1 aromatic heterocycles. The number of nitrogens with one attached hydrogen (secondary N) is 2.